The van der Waals surface area contributed by atoms with E-state index in [0.717, 1.165) is 6.42 Å². The van der Waals surface area contributed by atoms with Gasteiger partial charge in [0.05, 0.1) is 6.04 Å². The third-order valence-electron chi connectivity index (χ3n) is 1.60. The molecule has 1 unspecified atom stereocenters. The van der Waals surface area contributed by atoms with Gasteiger partial charge < -0.3 is 14.8 Å². The number of ether oxygens (including phenoxy) is 2. The van der Waals surface area contributed by atoms with E-state index >= 15 is 0 Å². The zero-order chi connectivity index (χ0) is 7.98. The van der Waals surface area contributed by atoms with E-state index in [1.165, 1.54) is 0 Å². The van der Waals surface area contributed by atoms with Gasteiger partial charge in [-0.3, -0.25) is 0 Å². The van der Waals surface area contributed by atoms with E-state index in [2.05, 4.69) is 12.2 Å². The maximum atomic E-state index is 5.06. The van der Waals surface area contributed by atoms with Crippen molar-refractivity contribution in [1.29, 1.82) is 0 Å². The van der Waals surface area contributed by atoms with Gasteiger partial charge in [-0.15, -0.1) is 0 Å². The van der Waals surface area contributed by atoms with E-state index in [-0.39, 0.29) is 12.3 Å². The van der Waals surface area contributed by atoms with E-state index in [9.17, 15) is 0 Å². The highest BCUT2D eigenvalue weighted by Crippen LogP contribution is 2.01. The second kappa shape index (κ2) is 5.65. The molecule has 0 fully saturated rings. The molecule has 1 atom stereocenters. The quantitative estimate of drug-likeness (QED) is 0.578. The maximum absolute atomic E-state index is 5.06. The van der Waals surface area contributed by atoms with Gasteiger partial charge in [-0.05, 0) is 13.5 Å². The molecule has 10 heavy (non-hydrogen) atoms. The van der Waals surface area contributed by atoms with Crippen LogP contribution in [0.4, 0.5) is 0 Å². The molecule has 0 saturated carbocycles. The molecule has 1 N–H and O–H groups in total. The molecule has 0 amide bonds. The third kappa shape index (κ3) is 2.64. The van der Waals surface area contributed by atoms with Gasteiger partial charge in [-0.1, -0.05) is 6.92 Å². The van der Waals surface area contributed by atoms with Crippen LogP contribution in [0.3, 0.4) is 0 Å². The minimum absolute atomic E-state index is 0.130. The number of hydrogen-bond donors (Lipinski definition) is 1. The standard InChI is InChI=1S/C7H17NO2/c1-5-6(8-2)7(9-3)10-4/h6-8H,5H2,1-4H3. The highest BCUT2D eigenvalue weighted by molar-refractivity contribution is 4.65. The minimum Gasteiger partial charge on any atom is -0.354 e. The summed E-state index contributed by atoms with van der Waals surface area (Å²) in [6.45, 7) is 2.09. The van der Waals surface area contributed by atoms with Gasteiger partial charge in [-0.25, -0.2) is 0 Å². The lowest BCUT2D eigenvalue weighted by molar-refractivity contribution is -0.122. The van der Waals surface area contributed by atoms with Crippen LogP contribution in [0.5, 0.6) is 0 Å². The van der Waals surface area contributed by atoms with Crippen molar-refractivity contribution < 1.29 is 9.47 Å². The van der Waals surface area contributed by atoms with Gasteiger partial charge in [0.25, 0.3) is 0 Å². The lowest BCUT2D eigenvalue weighted by Gasteiger charge is -2.22. The molecule has 0 aliphatic rings. The number of likely N-dealkylation sites (N-methyl/N-ethyl adjacent to an activating group) is 1. The first-order chi connectivity index (χ1) is 4.79. The lowest BCUT2D eigenvalue weighted by Crippen LogP contribution is -2.39. The highest BCUT2D eigenvalue weighted by Gasteiger charge is 2.15. The average Bonchev–Trinajstić information content (AvgIpc) is 2.00. The molecule has 0 radical (unpaired) electrons. The molecule has 0 aliphatic carbocycles. The molecule has 0 saturated heterocycles. The van der Waals surface area contributed by atoms with Crippen molar-refractivity contribution in [2.75, 3.05) is 21.3 Å². The van der Waals surface area contributed by atoms with Crippen LogP contribution in [0.25, 0.3) is 0 Å². The third-order valence-corrected chi connectivity index (χ3v) is 1.60. The normalized spacial score (nSPS) is 14.1. The Bertz CT molecular complexity index is 60.0. The molecular weight excluding hydrogens is 130 g/mol. The summed E-state index contributed by atoms with van der Waals surface area (Å²) >= 11 is 0. The van der Waals surface area contributed by atoms with Crippen molar-refractivity contribution in [3.63, 3.8) is 0 Å². The molecule has 0 aliphatic heterocycles. The van der Waals surface area contributed by atoms with Gasteiger partial charge in [0.2, 0.25) is 0 Å². The Labute approximate surface area is 62.7 Å². The van der Waals surface area contributed by atoms with Gasteiger partial charge in [0, 0.05) is 14.2 Å². The first-order valence-electron chi connectivity index (χ1n) is 3.53. The van der Waals surface area contributed by atoms with Crippen molar-refractivity contribution in [2.45, 2.75) is 25.7 Å². The zero-order valence-electron chi connectivity index (χ0n) is 7.18. The Morgan fingerprint density at radius 3 is 1.90 bits per heavy atom. The second-order valence-corrected chi connectivity index (χ2v) is 2.14. The van der Waals surface area contributed by atoms with Gasteiger partial charge >= 0.3 is 0 Å². The summed E-state index contributed by atoms with van der Waals surface area (Å²) in [5, 5.41) is 3.10. The van der Waals surface area contributed by atoms with Crippen LogP contribution < -0.4 is 5.32 Å². The van der Waals surface area contributed by atoms with Gasteiger partial charge in [-0.2, -0.15) is 0 Å². The average molecular weight is 147 g/mol. The van der Waals surface area contributed by atoms with Crippen LogP contribution in [0.15, 0.2) is 0 Å². The summed E-state index contributed by atoms with van der Waals surface area (Å²) in [5.74, 6) is 0. The molecule has 62 valence electrons. The van der Waals surface area contributed by atoms with Crippen molar-refractivity contribution in [1.82, 2.24) is 5.32 Å². The Morgan fingerprint density at radius 1 is 1.30 bits per heavy atom. The SMILES string of the molecule is CCC(NC)C(OC)OC. The van der Waals surface area contributed by atoms with Crippen molar-refractivity contribution in [3.8, 4) is 0 Å². The Morgan fingerprint density at radius 2 is 1.80 bits per heavy atom. The minimum atomic E-state index is -0.130. The topological polar surface area (TPSA) is 30.5 Å². The predicted octanol–water partition coefficient (Wildman–Crippen LogP) is 0.603. The molecule has 0 aromatic heterocycles. The van der Waals surface area contributed by atoms with Crippen LogP contribution in [-0.2, 0) is 9.47 Å². The predicted molar refractivity (Wildman–Crippen MR) is 40.9 cm³/mol. The van der Waals surface area contributed by atoms with Crippen LogP contribution in [0.2, 0.25) is 0 Å². The molecule has 3 heteroatoms. The molecule has 0 spiro atoms. The highest BCUT2D eigenvalue weighted by atomic mass is 16.7. The number of methoxy groups -OCH3 is 2. The summed E-state index contributed by atoms with van der Waals surface area (Å²) in [7, 11) is 5.20. The fraction of sp³-hybridized carbons (Fsp3) is 1.00. The van der Waals surface area contributed by atoms with Crippen molar-refractivity contribution in [3.05, 3.63) is 0 Å². The van der Waals surface area contributed by atoms with Crippen LogP contribution in [0.1, 0.15) is 13.3 Å². The Kier molecular flexibility index (Phi) is 5.58. The van der Waals surface area contributed by atoms with Crippen LogP contribution >= 0.6 is 0 Å². The van der Waals surface area contributed by atoms with E-state index in [1.54, 1.807) is 14.2 Å². The van der Waals surface area contributed by atoms with E-state index in [1.807, 2.05) is 7.05 Å². The first-order valence-corrected chi connectivity index (χ1v) is 3.53. The van der Waals surface area contributed by atoms with Crippen LogP contribution in [-0.4, -0.2) is 33.6 Å². The van der Waals surface area contributed by atoms with Gasteiger partial charge in [0.15, 0.2) is 6.29 Å². The van der Waals surface area contributed by atoms with E-state index in [4.69, 9.17) is 9.47 Å². The molecular formula is C7H17NO2. The summed E-state index contributed by atoms with van der Waals surface area (Å²) in [6, 6.07) is 0.287. The molecule has 0 heterocycles. The summed E-state index contributed by atoms with van der Waals surface area (Å²) in [6.07, 6.45) is 0.873. The molecule has 0 bridgehead atoms. The Hall–Kier alpha value is -0.120. The monoisotopic (exact) mass is 147 g/mol. The van der Waals surface area contributed by atoms with E-state index < -0.39 is 0 Å². The van der Waals surface area contributed by atoms with Crippen molar-refractivity contribution >= 4 is 0 Å². The Balaban J connectivity index is 3.70. The van der Waals surface area contributed by atoms with Gasteiger partial charge in [0.1, 0.15) is 0 Å². The second-order valence-electron chi connectivity index (χ2n) is 2.14. The zero-order valence-corrected chi connectivity index (χ0v) is 7.18. The maximum Gasteiger partial charge on any atom is 0.171 e. The van der Waals surface area contributed by atoms with Crippen molar-refractivity contribution in [2.24, 2.45) is 0 Å². The van der Waals surface area contributed by atoms with Crippen LogP contribution in [0, 0.1) is 0 Å². The summed E-state index contributed by atoms with van der Waals surface area (Å²) < 4.78 is 10.1. The fourth-order valence-electron chi connectivity index (χ4n) is 0.957. The fourth-order valence-corrected chi connectivity index (χ4v) is 0.957. The summed E-state index contributed by atoms with van der Waals surface area (Å²) in [4.78, 5) is 0. The lowest BCUT2D eigenvalue weighted by atomic mass is 10.2. The molecule has 0 aromatic carbocycles. The molecule has 3 nitrogen and oxygen atoms in total. The number of rotatable bonds is 5. The number of hydrogen-bond acceptors (Lipinski definition) is 3. The number of nitrogens with one attached hydrogen (secondary N) is 1. The molecule has 0 rings (SSSR count). The first kappa shape index (κ1) is 9.88. The smallest absolute Gasteiger partial charge is 0.171 e. The van der Waals surface area contributed by atoms with E-state index in [0.29, 0.717) is 0 Å². The largest absolute Gasteiger partial charge is 0.354 e. The summed E-state index contributed by atoms with van der Waals surface area (Å²) in [5.41, 5.74) is 0. The molecule has 0 aromatic rings.